The second-order valence-corrected chi connectivity index (χ2v) is 3.67. The van der Waals surface area contributed by atoms with E-state index >= 15 is 0 Å². The summed E-state index contributed by atoms with van der Waals surface area (Å²) in [5.74, 6) is -0.211. The summed E-state index contributed by atoms with van der Waals surface area (Å²) in [4.78, 5) is 15.3. The molecule has 1 aromatic carbocycles. The molecule has 0 bridgehead atoms. The Hall–Kier alpha value is -1.88. The van der Waals surface area contributed by atoms with Gasteiger partial charge in [-0.25, -0.2) is 4.98 Å². The molecule has 0 aliphatic rings. The maximum atomic E-state index is 11.3. The number of nitrogens with zero attached hydrogens (tertiary/aromatic N) is 1. The van der Waals surface area contributed by atoms with Crippen molar-refractivity contribution < 1.29 is 13.9 Å². The third-order valence-corrected chi connectivity index (χ3v) is 2.37. The van der Waals surface area contributed by atoms with Gasteiger partial charge in [-0.05, 0) is 24.7 Å². The average molecular weight is 234 g/mol. The van der Waals surface area contributed by atoms with Gasteiger partial charge in [-0.3, -0.25) is 4.79 Å². The summed E-state index contributed by atoms with van der Waals surface area (Å²) in [6.07, 6.45) is 1.77. The van der Waals surface area contributed by atoms with Gasteiger partial charge in [0, 0.05) is 6.54 Å². The van der Waals surface area contributed by atoms with E-state index in [2.05, 4.69) is 10.3 Å². The molecular weight excluding hydrogens is 220 g/mol. The summed E-state index contributed by atoms with van der Waals surface area (Å²) in [5.41, 5.74) is 2.40. The molecule has 1 heterocycles. The molecule has 5 heteroatoms. The molecule has 2 rings (SSSR count). The second kappa shape index (κ2) is 5.45. The highest BCUT2D eigenvalue weighted by Gasteiger charge is 2.04. The van der Waals surface area contributed by atoms with Gasteiger partial charge >= 0.3 is 5.97 Å². The zero-order valence-electron chi connectivity index (χ0n) is 9.60. The number of nitrogens with one attached hydrogen (secondary N) is 1. The van der Waals surface area contributed by atoms with Crippen LogP contribution < -0.4 is 5.32 Å². The van der Waals surface area contributed by atoms with Crippen LogP contribution in [0.2, 0.25) is 0 Å². The minimum Gasteiger partial charge on any atom is -0.461 e. The fraction of sp³-hybridized carbons (Fsp3) is 0.333. The van der Waals surface area contributed by atoms with Crippen LogP contribution in [0.15, 0.2) is 29.0 Å². The summed E-state index contributed by atoms with van der Waals surface area (Å²) >= 11 is 0. The number of ether oxygens (including phenoxy) is 1. The highest BCUT2D eigenvalue weighted by molar-refractivity contribution is 5.73. The maximum absolute atomic E-state index is 11.3. The van der Waals surface area contributed by atoms with Gasteiger partial charge in [-0.1, -0.05) is 6.07 Å². The van der Waals surface area contributed by atoms with E-state index in [-0.39, 0.29) is 12.6 Å². The van der Waals surface area contributed by atoms with Crippen LogP contribution in [0.1, 0.15) is 12.0 Å². The lowest BCUT2D eigenvalue weighted by atomic mass is 10.2. The normalized spacial score (nSPS) is 10.6. The number of oxazole rings is 1. The van der Waals surface area contributed by atoms with Crippen LogP contribution in [0.5, 0.6) is 0 Å². The molecule has 0 saturated heterocycles. The molecule has 0 spiro atoms. The Bertz CT molecular complexity index is 507. The SMILES string of the molecule is CNCCC(=O)OCc1ccc2ncoc2c1. The molecule has 5 nitrogen and oxygen atoms in total. The number of hydrogen-bond donors (Lipinski definition) is 1. The minimum atomic E-state index is -0.211. The standard InChI is InChI=1S/C12H14N2O3/c1-13-5-4-12(15)16-7-9-2-3-10-11(6-9)17-8-14-10/h2-3,6,8,13H,4-5,7H2,1H3. The number of fused-ring (bicyclic) bond motifs is 1. The quantitative estimate of drug-likeness (QED) is 0.794. The highest BCUT2D eigenvalue weighted by Crippen LogP contribution is 2.14. The number of esters is 1. The van der Waals surface area contributed by atoms with Crippen molar-refractivity contribution in [1.82, 2.24) is 10.3 Å². The van der Waals surface area contributed by atoms with Gasteiger partial charge in [0.1, 0.15) is 12.1 Å². The van der Waals surface area contributed by atoms with E-state index in [4.69, 9.17) is 9.15 Å². The number of aromatic nitrogens is 1. The molecule has 90 valence electrons. The Morgan fingerprint density at radius 1 is 1.53 bits per heavy atom. The fourth-order valence-corrected chi connectivity index (χ4v) is 1.45. The van der Waals surface area contributed by atoms with Gasteiger partial charge < -0.3 is 14.5 Å². The summed E-state index contributed by atoms with van der Waals surface area (Å²) in [5, 5.41) is 2.89. The van der Waals surface area contributed by atoms with Crippen LogP contribution in [0.3, 0.4) is 0 Å². The van der Waals surface area contributed by atoms with Crippen molar-refractivity contribution in [2.45, 2.75) is 13.0 Å². The first-order valence-electron chi connectivity index (χ1n) is 5.42. The van der Waals surface area contributed by atoms with E-state index in [1.165, 1.54) is 6.39 Å². The number of carbonyl (C=O) groups is 1. The molecule has 0 amide bonds. The third-order valence-electron chi connectivity index (χ3n) is 2.37. The van der Waals surface area contributed by atoms with Crippen molar-refractivity contribution in [3.05, 3.63) is 30.2 Å². The van der Waals surface area contributed by atoms with Gasteiger partial charge in [0.15, 0.2) is 12.0 Å². The van der Waals surface area contributed by atoms with Crippen LogP contribution >= 0.6 is 0 Å². The Morgan fingerprint density at radius 3 is 3.24 bits per heavy atom. The number of benzene rings is 1. The van der Waals surface area contributed by atoms with E-state index in [0.29, 0.717) is 18.5 Å². The van der Waals surface area contributed by atoms with Crippen molar-refractivity contribution in [2.24, 2.45) is 0 Å². The minimum absolute atomic E-state index is 0.211. The van der Waals surface area contributed by atoms with Crippen molar-refractivity contribution in [3.8, 4) is 0 Å². The molecule has 1 aromatic heterocycles. The summed E-state index contributed by atoms with van der Waals surface area (Å²) in [7, 11) is 1.80. The fourth-order valence-electron chi connectivity index (χ4n) is 1.45. The topological polar surface area (TPSA) is 64.4 Å². The summed E-state index contributed by atoms with van der Waals surface area (Å²) < 4.78 is 10.3. The number of rotatable bonds is 5. The van der Waals surface area contributed by atoms with Gasteiger partial charge in [-0.2, -0.15) is 0 Å². The molecule has 17 heavy (non-hydrogen) atoms. The monoisotopic (exact) mass is 234 g/mol. The molecule has 0 aliphatic carbocycles. The van der Waals surface area contributed by atoms with E-state index in [9.17, 15) is 4.79 Å². The Balaban J connectivity index is 1.92. The lowest BCUT2D eigenvalue weighted by molar-refractivity contribution is -0.144. The van der Waals surface area contributed by atoms with Crippen LogP contribution in [0.4, 0.5) is 0 Å². The lowest BCUT2D eigenvalue weighted by Gasteiger charge is -2.04. The van der Waals surface area contributed by atoms with E-state index < -0.39 is 0 Å². The van der Waals surface area contributed by atoms with Gasteiger partial charge in [0.2, 0.25) is 0 Å². The molecule has 0 fully saturated rings. The van der Waals surface area contributed by atoms with Gasteiger partial charge in [0.25, 0.3) is 0 Å². The summed E-state index contributed by atoms with van der Waals surface area (Å²) in [6, 6.07) is 5.54. The second-order valence-electron chi connectivity index (χ2n) is 3.67. The maximum Gasteiger partial charge on any atom is 0.307 e. The predicted octanol–water partition coefficient (Wildman–Crippen LogP) is 1.48. The number of hydrogen-bond acceptors (Lipinski definition) is 5. The van der Waals surface area contributed by atoms with Crippen LogP contribution in [-0.4, -0.2) is 24.5 Å². The smallest absolute Gasteiger partial charge is 0.307 e. The Morgan fingerprint density at radius 2 is 2.41 bits per heavy atom. The molecule has 0 radical (unpaired) electrons. The van der Waals surface area contributed by atoms with Gasteiger partial charge in [0.05, 0.1) is 6.42 Å². The van der Waals surface area contributed by atoms with E-state index in [0.717, 1.165) is 11.1 Å². The zero-order valence-corrected chi connectivity index (χ0v) is 9.60. The van der Waals surface area contributed by atoms with E-state index in [1.807, 2.05) is 18.2 Å². The first kappa shape index (κ1) is 11.6. The zero-order chi connectivity index (χ0) is 12.1. The first-order chi connectivity index (χ1) is 8.29. The molecule has 0 unspecified atom stereocenters. The molecule has 1 N–H and O–H groups in total. The molecule has 2 aromatic rings. The number of carbonyl (C=O) groups excluding carboxylic acids is 1. The largest absolute Gasteiger partial charge is 0.461 e. The molecule has 0 saturated carbocycles. The van der Waals surface area contributed by atoms with E-state index in [1.54, 1.807) is 7.05 Å². The average Bonchev–Trinajstić information content (AvgIpc) is 2.81. The Labute approximate surface area is 98.8 Å². The van der Waals surface area contributed by atoms with Crippen LogP contribution in [-0.2, 0) is 16.1 Å². The van der Waals surface area contributed by atoms with Crippen LogP contribution in [0, 0.1) is 0 Å². The van der Waals surface area contributed by atoms with Crippen molar-refractivity contribution in [3.63, 3.8) is 0 Å². The molecular formula is C12H14N2O3. The molecule has 0 aliphatic heterocycles. The van der Waals surface area contributed by atoms with Gasteiger partial charge in [-0.15, -0.1) is 0 Å². The third kappa shape index (κ3) is 3.04. The summed E-state index contributed by atoms with van der Waals surface area (Å²) in [6.45, 7) is 0.888. The lowest BCUT2D eigenvalue weighted by Crippen LogP contribution is -2.14. The highest BCUT2D eigenvalue weighted by atomic mass is 16.5. The Kier molecular flexibility index (Phi) is 3.72. The van der Waals surface area contributed by atoms with Crippen LogP contribution in [0.25, 0.3) is 11.1 Å². The first-order valence-corrected chi connectivity index (χ1v) is 5.42. The molecule has 0 atom stereocenters. The van der Waals surface area contributed by atoms with Crippen molar-refractivity contribution >= 4 is 17.1 Å². The van der Waals surface area contributed by atoms with Crippen molar-refractivity contribution in [2.75, 3.05) is 13.6 Å². The predicted molar refractivity (Wildman–Crippen MR) is 62.3 cm³/mol. The van der Waals surface area contributed by atoms with Crippen molar-refractivity contribution in [1.29, 1.82) is 0 Å².